The van der Waals surface area contributed by atoms with Crippen molar-refractivity contribution in [2.24, 2.45) is 0 Å². The van der Waals surface area contributed by atoms with E-state index in [-0.39, 0.29) is 0 Å². The van der Waals surface area contributed by atoms with Crippen molar-refractivity contribution in [2.45, 2.75) is 497 Å². The Bertz CT molecular complexity index is 1390. The standard InChI is InChI=1S/C22H44O2.C18H36O2.C16H32O2.C14H28O2.C12H24O2/c1-2-3-4-5-6-7-8-9-10-11-12-13-14-15-16-17-18-19-20-21-22(23)24;1-2-3-4-5-6-7-8-9-10-11-12-13-14-15-16-17-18(19)20;1-2-3-4-5-6-7-8-9-10-11-12-13-14-15-16(17)18;1-2-3-4-5-6-7-8-9-10-11-12-13-14(15)16;1-2-3-4-5-6-7-8-9-10-11-12(13)14/h2-21H2,1H3,(H,23,24);2-17H2,1H3,(H,19,20);2-15H2,1H3,(H,17,18);2-13H2,1H3,(H,15,16);2-11H2,1H3,(H,13,14). The predicted octanol–water partition coefficient (Wildman–Crippen LogP) is 28.5. The lowest BCUT2D eigenvalue weighted by Crippen LogP contribution is -1.93. The lowest BCUT2D eigenvalue weighted by Gasteiger charge is -2.03. The Hall–Kier alpha value is -2.65. The van der Waals surface area contributed by atoms with Crippen molar-refractivity contribution >= 4 is 29.8 Å². The van der Waals surface area contributed by atoms with Gasteiger partial charge in [-0.05, 0) is 32.1 Å². The fraction of sp³-hybridized carbons (Fsp3) is 0.939. The highest BCUT2D eigenvalue weighted by Crippen LogP contribution is 2.19. The van der Waals surface area contributed by atoms with Crippen LogP contribution in [0.4, 0.5) is 0 Å². The van der Waals surface area contributed by atoms with Crippen molar-refractivity contribution < 1.29 is 49.5 Å². The second-order valence-corrected chi connectivity index (χ2v) is 27.6. The van der Waals surface area contributed by atoms with Gasteiger partial charge in [0.05, 0.1) is 0 Å². The summed E-state index contributed by atoms with van der Waals surface area (Å²) in [6.45, 7) is 11.3. The molecule has 0 aromatic rings. The molecule has 0 aliphatic rings. The van der Waals surface area contributed by atoms with Gasteiger partial charge >= 0.3 is 29.8 Å². The zero-order chi connectivity index (χ0) is 68.8. The third kappa shape index (κ3) is 118. The van der Waals surface area contributed by atoms with Crippen LogP contribution in [0.2, 0.25) is 0 Å². The molecular formula is C82H164O10. The normalized spacial score (nSPS) is 10.8. The molecule has 0 aliphatic carbocycles. The summed E-state index contributed by atoms with van der Waals surface area (Å²) in [6.07, 6.45) is 89.4. The van der Waals surface area contributed by atoms with Crippen LogP contribution >= 0.6 is 0 Å². The highest BCUT2D eigenvalue weighted by atomic mass is 16.4. The van der Waals surface area contributed by atoms with Crippen LogP contribution in [0.15, 0.2) is 0 Å². The third-order valence-corrected chi connectivity index (χ3v) is 18.0. The fourth-order valence-electron chi connectivity index (χ4n) is 11.8. The van der Waals surface area contributed by atoms with Gasteiger partial charge in [0.2, 0.25) is 0 Å². The first-order chi connectivity index (χ1) is 44.9. The van der Waals surface area contributed by atoms with Gasteiger partial charge in [0.25, 0.3) is 0 Å². The summed E-state index contributed by atoms with van der Waals surface area (Å²) < 4.78 is 0. The third-order valence-electron chi connectivity index (χ3n) is 18.0. The molecule has 0 amide bonds. The molecule has 5 N–H and O–H groups in total. The van der Waals surface area contributed by atoms with Crippen LogP contribution in [0.5, 0.6) is 0 Å². The zero-order valence-corrected chi connectivity index (χ0v) is 62.7. The molecule has 0 radical (unpaired) electrons. The number of carbonyl (C=O) groups is 5. The minimum Gasteiger partial charge on any atom is -0.481 e. The summed E-state index contributed by atoms with van der Waals surface area (Å²) in [5, 5.41) is 42.4. The summed E-state index contributed by atoms with van der Waals surface area (Å²) >= 11 is 0. The average Bonchev–Trinajstić information content (AvgIpc) is 3.54. The number of hydrogen-bond donors (Lipinski definition) is 5. The number of carboxylic acid groups (broad SMARTS) is 5. The molecule has 0 aliphatic heterocycles. The molecule has 0 atom stereocenters. The van der Waals surface area contributed by atoms with Gasteiger partial charge < -0.3 is 25.5 Å². The quantitative estimate of drug-likeness (QED) is 0.0367. The van der Waals surface area contributed by atoms with E-state index in [4.69, 9.17) is 25.5 Å². The van der Waals surface area contributed by atoms with E-state index >= 15 is 0 Å². The number of hydrogen-bond acceptors (Lipinski definition) is 5. The molecule has 92 heavy (non-hydrogen) atoms. The van der Waals surface area contributed by atoms with Gasteiger partial charge in [-0.15, -0.1) is 0 Å². The Morgan fingerprint density at radius 2 is 0.196 bits per heavy atom. The van der Waals surface area contributed by atoms with Crippen molar-refractivity contribution in [2.75, 3.05) is 0 Å². The number of rotatable bonds is 72. The van der Waals surface area contributed by atoms with E-state index in [1.807, 2.05) is 0 Å². The first kappa shape index (κ1) is 98.0. The maximum absolute atomic E-state index is 10.4. The smallest absolute Gasteiger partial charge is 0.303 e. The maximum atomic E-state index is 10.4. The van der Waals surface area contributed by atoms with Gasteiger partial charge in [0, 0.05) is 32.1 Å². The lowest BCUT2D eigenvalue weighted by atomic mass is 10.0. The summed E-state index contributed by atoms with van der Waals surface area (Å²) in [5.74, 6) is -3.27. The summed E-state index contributed by atoms with van der Waals surface area (Å²) in [6, 6.07) is 0. The van der Waals surface area contributed by atoms with Crippen LogP contribution in [0.25, 0.3) is 0 Å². The lowest BCUT2D eigenvalue weighted by molar-refractivity contribution is -0.138. The topological polar surface area (TPSA) is 186 Å². The van der Waals surface area contributed by atoms with E-state index in [0.29, 0.717) is 32.1 Å². The largest absolute Gasteiger partial charge is 0.481 e. The summed E-state index contributed by atoms with van der Waals surface area (Å²) in [5.41, 5.74) is 0. The van der Waals surface area contributed by atoms with Gasteiger partial charge in [-0.1, -0.05) is 433 Å². The van der Waals surface area contributed by atoms with Gasteiger partial charge in [0.15, 0.2) is 0 Å². The summed E-state index contributed by atoms with van der Waals surface area (Å²) in [4.78, 5) is 51.5. The summed E-state index contributed by atoms with van der Waals surface area (Å²) in [7, 11) is 0. The number of carboxylic acids is 5. The fourth-order valence-corrected chi connectivity index (χ4v) is 11.8. The molecule has 0 fully saturated rings. The Balaban J connectivity index is -0.000000347. The SMILES string of the molecule is CCCCCCCCCCCC(=O)O.CCCCCCCCCCCCCC(=O)O.CCCCCCCCCCCCCCCC(=O)O.CCCCCCCCCCCCCCCCCC(=O)O.CCCCCCCCCCCCCCCCCCCCCC(=O)O. The monoisotopic (exact) mass is 1310 g/mol. The molecule has 0 rings (SSSR count). The van der Waals surface area contributed by atoms with E-state index in [1.165, 1.54) is 366 Å². The second-order valence-electron chi connectivity index (χ2n) is 27.6. The predicted molar refractivity (Wildman–Crippen MR) is 399 cm³/mol. The second kappa shape index (κ2) is 94.7. The van der Waals surface area contributed by atoms with Crippen LogP contribution in [-0.2, 0) is 24.0 Å². The Labute approximate surface area is 573 Å². The maximum Gasteiger partial charge on any atom is 0.303 e. The van der Waals surface area contributed by atoms with Gasteiger partial charge in [-0.25, -0.2) is 0 Å². The Morgan fingerprint density at radius 3 is 0.261 bits per heavy atom. The van der Waals surface area contributed by atoms with E-state index in [0.717, 1.165) is 64.2 Å². The van der Waals surface area contributed by atoms with Gasteiger partial charge in [0.1, 0.15) is 0 Å². The van der Waals surface area contributed by atoms with Crippen molar-refractivity contribution in [3.8, 4) is 0 Å². The first-order valence-electron chi connectivity index (χ1n) is 40.9. The minimum atomic E-state index is -0.659. The van der Waals surface area contributed by atoms with Crippen LogP contribution in [0.3, 0.4) is 0 Å². The van der Waals surface area contributed by atoms with Crippen LogP contribution in [-0.4, -0.2) is 55.4 Å². The molecule has 0 saturated heterocycles. The van der Waals surface area contributed by atoms with E-state index < -0.39 is 29.8 Å². The Morgan fingerprint density at radius 1 is 0.130 bits per heavy atom. The molecule has 10 heteroatoms. The van der Waals surface area contributed by atoms with Gasteiger partial charge in [-0.3, -0.25) is 24.0 Å². The molecule has 552 valence electrons. The van der Waals surface area contributed by atoms with Gasteiger partial charge in [-0.2, -0.15) is 0 Å². The molecule has 0 unspecified atom stereocenters. The molecule has 0 spiro atoms. The van der Waals surface area contributed by atoms with Crippen molar-refractivity contribution in [3.05, 3.63) is 0 Å². The Kier molecular flexibility index (Phi) is 101. The van der Waals surface area contributed by atoms with E-state index in [2.05, 4.69) is 34.6 Å². The van der Waals surface area contributed by atoms with Crippen molar-refractivity contribution in [3.63, 3.8) is 0 Å². The highest BCUT2D eigenvalue weighted by molar-refractivity contribution is 5.67. The van der Waals surface area contributed by atoms with E-state index in [1.54, 1.807) is 0 Å². The molecule has 0 aromatic heterocycles. The van der Waals surface area contributed by atoms with Crippen LogP contribution in [0, 0.1) is 0 Å². The van der Waals surface area contributed by atoms with Crippen molar-refractivity contribution in [1.29, 1.82) is 0 Å². The molecule has 0 saturated carbocycles. The van der Waals surface area contributed by atoms with Crippen LogP contribution in [0.1, 0.15) is 497 Å². The first-order valence-corrected chi connectivity index (χ1v) is 40.9. The highest BCUT2D eigenvalue weighted by Gasteiger charge is 2.03. The van der Waals surface area contributed by atoms with Crippen molar-refractivity contribution in [1.82, 2.24) is 0 Å². The minimum absolute atomic E-state index is 0.343. The van der Waals surface area contributed by atoms with Crippen LogP contribution < -0.4 is 0 Å². The zero-order valence-electron chi connectivity index (χ0n) is 62.7. The molecular weight excluding hydrogens is 1140 g/mol. The molecule has 0 bridgehead atoms. The average molecular weight is 1310 g/mol. The van der Waals surface area contributed by atoms with E-state index in [9.17, 15) is 24.0 Å². The number of aliphatic carboxylic acids is 5. The molecule has 0 aromatic carbocycles. The molecule has 0 heterocycles. The number of unbranched alkanes of at least 4 members (excludes halogenated alkanes) is 62. The molecule has 10 nitrogen and oxygen atoms in total.